The van der Waals surface area contributed by atoms with Crippen molar-refractivity contribution in [3.8, 4) is 0 Å². The van der Waals surface area contributed by atoms with Crippen molar-refractivity contribution in [1.82, 2.24) is 0 Å². The molecule has 0 aliphatic rings. The SMILES string of the molecule is CCCCCCCCCCCCC[C@@H](C)N. The third kappa shape index (κ3) is 14.0. The van der Waals surface area contributed by atoms with E-state index in [4.69, 9.17) is 5.73 Å². The van der Waals surface area contributed by atoms with Gasteiger partial charge in [0, 0.05) is 6.04 Å². The third-order valence-corrected chi connectivity index (χ3v) is 3.26. The quantitative estimate of drug-likeness (QED) is 0.465. The minimum absolute atomic E-state index is 0.401. The summed E-state index contributed by atoms with van der Waals surface area (Å²) in [7, 11) is 0. The van der Waals surface area contributed by atoms with E-state index in [-0.39, 0.29) is 0 Å². The monoisotopic (exact) mass is 227 g/mol. The summed E-state index contributed by atoms with van der Waals surface area (Å²) in [6.07, 6.45) is 16.8. The number of hydrogen-bond donors (Lipinski definition) is 1. The Morgan fingerprint density at radius 2 is 1.06 bits per heavy atom. The van der Waals surface area contributed by atoms with Gasteiger partial charge >= 0.3 is 0 Å². The molecule has 0 aromatic heterocycles. The Bertz CT molecular complexity index is 121. The molecule has 0 heterocycles. The summed E-state index contributed by atoms with van der Waals surface area (Å²) in [4.78, 5) is 0. The van der Waals surface area contributed by atoms with Gasteiger partial charge in [0.1, 0.15) is 0 Å². The Morgan fingerprint density at radius 1 is 0.688 bits per heavy atom. The second kappa shape index (κ2) is 13.0. The van der Waals surface area contributed by atoms with Crippen LogP contribution < -0.4 is 5.73 Å². The molecule has 2 N–H and O–H groups in total. The van der Waals surface area contributed by atoms with Crippen molar-refractivity contribution >= 4 is 0 Å². The molecule has 1 heteroatoms. The molecule has 0 aromatic rings. The summed E-state index contributed by atoms with van der Waals surface area (Å²) < 4.78 is 0. The minimum Gasteiger partial charge on any atom is -0.328 e. The number of nitrogens with two attached hydrogens (primary N) is 1. The summed E-state index contributed by atoms with van der Waals surface area (Å²) in [5, 5.41) is 0. The highest BCUT2D eigenvalue weighted by Gasteiger charge is 1.95. The first-order valence-corrected chi connectivity index (χ1v) is 7.53. The van der Waals surface area contributed by atoms with E-state index in [0.29, 0.717) is 6.04 Å². The predicted molar refractivity (Wildman–Crippen MR) is 74.7 cm³/mol. The van der Waals surface area contributed by atoms with Gasteiger partial charge in [-0.1, -0.05) is 77.6 Å². The van der Waals surface area contributed by atoms with E-state index in [1.165, 1.54) is 77.0 Å². The van der Waals surface area contributed by atoms with E-state index in [9.17, 15) is 0 Å². The number of unbranched alkanes of at least 4 members (excludes halogenated alkanes) is 10. The molecule has 0 saturated heterocycles. The van der Waals surface area contributed by atoms with E-state index in [1.54, 1.807) is 0 Å². The van der Waals surface area contributed by atoms with Crippen LogP contribution in [0.3, 0.4) is 0 Å². The Morgan fingerprint density at radius 3 is 1.44 bits per heavy atom. The highest BCUT2D eigenvalue weighted by molar-refractivity contribution is 4.53. The molecule has 16 heavy (non-hydrogen) atoms. The van der Waals surface area contributed by atoms with E-state index in [0.717, 1.165) is 0 Å². The summed E-state index contributed by atoms with van der Waals surface area (Å²) in [5.74, 6) is 0. The van der Waals surface area contributed by atoms with Crippen LogP contribution in [0.4, 0.5) is 0 Å². The Balaban J connectivity index is 2.88. The van der Waals surface area contributed by atoms with Gasteiger partial charge in [0.15, 0.2) is 0 Å². The van der Waals surface area contributed by atoms with Crippen LogP contribution in [0.25, 0.3) is 0 Å². The van der Waals surface area contributed by atoms with Gasteiger partial charge in [-0.25, -0.2) is 0 Å². The third-order valence-electron chi connectivity index (χ3n) is 3.26. The standard InChI is InChI=1S/C15H33N/c1-3-4-5-6-7-8-9-10-11-12-13-14-15(2)16/h15H,3-14,16H2,1-2H3/t15-/m1/s1. The van der Waals surface area contributed by atoms with Crippen molar-refractivity contribution in [3.05, 3.63) is 0 Å². The first kappa shape index (κ1) is 16.0. The maximum atomic E-state index is 5.71. The van der Waals surface area contributed by atoms with Crippen LogP contribution in [-0.2, 0) is 0 Å². The fourth-order valence-electron chi connectivity index (χ4n) is 2.13. The van der Waals surface area contributed by atoms with E-state index in [1.807, 2.05) is 0 Å². The molecule has 1 nitrogen and oxygen atoms in total. The van der Waals surface area contributed by atoms with Crippen molar-refractivity contribution in [2.45, 2.75) is 96.9 Å². The van der Waals surface area contributed by atoms with Crippen molar-refractivity contribution in [2.75, 3.05) is 0 Å². The van der Waals surface area contributed by atoms with Crippen LogP contribution in [0.15, 0.2) is 0 Å². The van der Waals surface area contributed by atoms with Crippen LogP contribution >= 0.6 is 0 Å². The fraction of sp³-hybridized carbons (Fsp3) is 1.00. The Kier molecular flexibility index (Phi) is 13.0. The highest BCUT2D eigenvalue weighted by Crippen LogP contribution is 2.12. The molecule has 0 bridgehead atoms. The molecule has 0 unspecified atom stereocenters. The summed E-state index contributed by atoms with van der Waals surface area (Å²) in [5.41, 5.74) is 5.71. The molecule has 0 rings (SSSR count). The van der Waals surface area contributed by atoms with Crippen LogP contribution in [0.2, 0.25) is 0 Å². The highest BCUT2D eigenvalue weighted by atomic mass is 14.6. The average Bonchev–Trinajstić information content (AvgIpc) is 2.25. The van der Waals surface area contributed by atoms with Crippen molar-refractivity contribution in [1.29, 1.82) is 0 Å². The molecular weight excluding hydrogens is 194 g/mol. The van der Waals surface area contributed by atoms with Gasteiger partial charge in [-0.2, -0.15) is 0 Å². The van der Waals surface area contributed by atoms with Crippen LogP contribution in [0.1, 0.15) is 90.9 Å². The van der Waals surface area contributed by atoms with E-state index >= 15 is 0 Å². The summed E-state index contributed by atoms with van der Waals surface area (Å²) in [6, 6.07) is 0.401. The zero-order chi connectivity index (χ0) is 12.1. The van der Waals surface area contributed by atoms with E-state index in [2.05, 4.69) is 13.8 Å². The van der Waals surface area contributed by atoms with E-state index < -0.39 is 0 Å². The topological polar surface area (TPSA) is 26.0 Å². The number of rotatable bonds is 12. The first-order valence-electron chi connectivity index (χ1n) is 7.53. The second-order valence-corrected chi connectivity index (χ2v) is 5.30. The van der Waals surface area contributed by atoms with Crippen LogP contribution in [0.5, 0.6) is 0 Å². The van der Waals surface area contributed by atoms with Gasteiger partial charge in [0.05, 0.1) is 0 Å². The van der Waals surface area contributed by atoms with Gasteiger partial charge < -0.3 is 5.73 Å². The zero-order valence-electron chi connectivity index (χ0n) is 11.6. The first-order chi connectivity index (χ1) is 7.77. The van der Waals surface area contributed by atoms with Crippen LogP contribution in [0, 0.1) is 0 Å². The Labute approximate surface area is 103 Å². The minimum atomic E-state index is 0.401. The normalized spacial score (nSPS) is 12.9. The van der Waals surface area contributed by atoms with Crippen molar-refractivity contribution in [3.63, 3.8) is 0 Å². The van der Waals surface area contributed by atoms with Crippen molar-refractivity contribution < 1.29 is 0 Å². The molecule has 1 atom stereocenters. The molecule has 0 radical (unpaired) electrons. The van der Waals surface area contributed by atoms with Gasteiger partial charge in [0.2, 0.25) is 0 Å². The largest absolute Gasteiger partial charge is 0.328 e. The zero-order valence-corrected chi connectivity index (χ0v) is 11.6. The fourth-order valence-corrected chi connectivity index (χ4v) is 2.13. The lowest BCUT2D eigenvalue weighted by Crippen LogP contribution is -2.13. The molecule has 0 aliphatic heterocycles. The average molecular weight is 227 g/mol. The molecule has 0 spiro atoms. The maximum Gasteiger partial charge on any atom is 0.00104 e. The predicted octanol–water partition coefficient (Wildman–Crippen LogP) is 5.03. The summed E-state index contributed by atoms with van der Waals surface area (Å²) in [6.45, 7) is 4.39. The molecular formula is C15H33N. The second-order valence-electron chi connectivity index (χ2n) is 5.30. The summed E-state index contributed by atoms with van der Waals surface area (Å²) >= 11 is 0. The molecule has 0 saturated carbocycles. The van der Waals surface area contributed by atoms with Gasteiger partial charge in [-0.05, 0) is 13.3 Å². The lowest BCUT2D eigenvalue weighted by molar-refractivity contribution is 0.530. The molecule has 0 aliphatic carbocycles. The van der Waals surface area contributed by atoms with Crippen LogP contribution in [-0.4, -0.2) is 6.04 Å². The molecule has 98 valence electrons. The smallest absolute Gasteiger partial charge is 0.00104 e. The molecule has 0 amide bonds. The molecule has 0 fully saturated rings. The van der Waals surface area contributed by atoms with Crippen molar-refractivity contribution in [2.24, 2.45) is 5.73 Å². The van der Waals surface area contributed by atoms with Gasteiger partial charge in [-0.3, -0.25) is 0 Å². The Hall–Kier alpha value is -0.0400. The maximum absolute atomic E-state index is 5.71. The molecule has 0 aromatic carbocycles. The lowest BCUT2D eigenvalue weighted by atomic mass is 10.0. The van der Waals surface area contributed by atoms with Gasteiger partial charge in [-0.15, -0.1) is 0 Å². The lowest BCUT2D eigenvalue weighted by Gasteiger charge is -2.04. The van der Waals surface area contributed by atoms with Gasteiger partial charge in [0.25, 0.3) is 0 Å². The number of hydrogen-bond acceptors (Lipinski definition) is 1.